The first-order chi connectivity index (χ1) is 6.76. The summed E-state index contributed by atoms with van der Waals surface area (Å²) < 4.78 is 5.72. The molecule has 1 aromatic carbocycles. The predicted molar refractivity (Wildman–Crippen MR) is 59.8 cm³/mol. The molecule has 14 heavy (non-hydrogen) atoms. The summed E-state index contributed by atoms with van der Waals surface area (Å²) in [6, 6.07) is 7.44. The molecule has 0 aliphatic heterocycles. The zero-order valence-electron chi connectivity index (χ0n) is 8.37. The van der Waals surface area contributed by atoms with Crippen LogP contribution in [-0.2, 0) is 0 Å². The number of halogens is 1. The second-order valence-electron chi connectivity index (χ2n) is 3.18. The van der Waals surface area contributed by atoms with Gasteiger partial charge in [-0.1, -0.05) is 24.6 Å². The van der Waals surface area contributed by atoms with Gasteiger partial charge in [-0.2, -0.15) is 0 Å². The number of nitrogens with two attached hydrogens (primary N) is 1. The van der Waals surface area contributed by atoms with Crippen LogP contribution in [0.2, 0.25) is 5.02 Å². The maximum absolute atomic E-state index is 5.84. The van der Waals surface area contributed by atoms with Gasteiger partial charge < -0.3 is 10.5 Å². The first-order valence-electron chi connectivity index (χ1n) is 4.88. The van der Waals surface area contributed by atoms with Gasteiger partial charge in [-0.25, -0.2) is 0 Å². The summed E-state index contributed by atoms with van der Waals surface area (Å²) in [6.45, 7) is 2.74. The number of rotatable bonds is 5. The maximum atomic E-state index is 5.84. The van der Waals surface area contributed by atoms with E-state index >= 15 is 0 Å². The fourth-order valence-corrected chi connectivity index (χ4v) is 1.45. The van der Waals surface area contributed by atoms with Crippen molar-refractivity contribution in [2.24, 2.45) is 5.73 Å². The van der Waals surface area contributed by atoms with Crippen LogP contribution < -0.4 is 10.5 Å². The average molecular weight is 214 g/mol. The molecule has 1 rings (SSSR count). The van der Waals surface area contributed by atoms with Crippen LogP contribution in [0, 0.1) is 0 Å². The number of hydrogen-bond acceptors (Lipinski definition) is 2. The van der Waals surface area contributed by atoms with Crippen molar-refractivity contribution in [3.05, 3.63) is 29.3 Å². The van der Waals surface area contributed by atoms with E-state index in [0.29, 0.717) is 11.6 Å². The Kier molecular flexibility index (Phi) is 4.77. The molecule has 0 aliphatic carbocycles. The molecule has 0 aromatic heterocycles. The van der Waals surface area contributed by atoms with Gasteiger partial charge in [-0.05, 0) is 37.6 Å². The zero-order chi connectivity index (χ0) is 10.4. The highest BCUT2D eigenvalue weighted by Gasteiger charge is 2.06. The van der Waals surface area contributed by atoms with Gasteiger partial charge in [-0.3, -0.25) is 0 Å². The Morgan fingerprint density at radius 1 is 1.50 bits per heavy atom. The van der Waals surface area contributed by atoms with Crippen molar-refractivity contribution in [3.63, 3.8) is 0 Å². The second-order valence-corrected chi connectivity index (χ2v) is 3.62. The van der Waals surface area contributed by atoms with Gasteiger partial charge in [0.25, 0.3) is 0 Å². The lowest BCUT2D eigenvalue weighted by molar-refractivity contribution is 0.189. The van der Waals surface area contributed by atoms with Gasteiger partial charge in [0.05, 0.1) is 6.10 Å². The Morgan fingerprint density at radius 3 is 2.86 bits per heavy atom. The number of benzene rings is 1. The van der Waals surface area contributed by atoms with Gasteiger partial charge in [0.15, 0.2) is 0 Å². The minimum Gasteiger partial charge on any atom is -0.490 e. The first-order valence-corrected chi connectivity index (χ1v) is 5.26. The lowest BCUT2D eigenvalue weighted by Crippen LogP contribution is -2.19. The minimum absolute atomic E-state index is 0.193. The van der Waals surface area contributed by atoms with Gasteiger partial charge >= 0.3 is 0 Å². The summed E-state index contributed by atoms with van der Waals surface area (Å²) in [7, 11) is 0. The Morgan fingerprint density at radius 2 is 2.29 bits per heavy atom. The summed E-state index contributed by atoms with van der Waals surface area (Å²) in [6.07, 6.45) is 2.03. The summed E-state index contributed by atoms with van der Waals surface area (Å²) in [4.78, 5) is 0. The van der Waals surface area contributed by atoms with E-state index in [1.807, 2.05) is 24.3 Å². The molecule has 1 atom stereocenters. The van der Waals surface area contributed by atoms with Gasteiger partial charge in [0, 0.05) is 5.02 Å². The molecule has 0 saturated carbocycles. The van der Waals surface area contributed by atoms with E-state index in [1.165, 1.54) is 0 Å². The molecule has 0 amide bonds. The van der Waals surface area contributed by atoms with Gasteiger partial charge in [-0.15, -0.1) is 0 Å². The van der Waals surface area contributed by atoms with Crippen molar-refractivity contribution in [3.8, 4) is 5.75 Å². The van der Waals surface area contributed by atoms with Crippen molar-refractivity contribution in [1.82, 2.24) is 0 Å². The van der Waals surface area contributed by atoms with Gasteiger partial charge in [0.1, 0.15) is 5.75 Å². The molecule has 1 aromatic rings. The molecular weight excluding hydrogens is 198 g/mol. The second kappa shape index (κ2) is 5.89. The van der Waals surface area contributed by atoms with E-state index in [-0.39, 0.29) is 6.10 Å². The van der Waals surface area contributed by atoms with Crippen LogP contribution in [0.3, 0.4) is 0 Å². The quantitative estimate of drug-likeness (QED) is 0.817. The Bertz CT molecular complexity index is 278. The minimum atomic E-state index is 0.193. The average Bonchev–Trinajstić information content (AvgIpc) is 2.17. The van der Waals surface area contributed by atoms with Crippen LogP contribution in [0.25, 0.3) is 0 Å². The molecular formula is C11H16ClNO. The van der Waals surface area contributed by atoms with E-state index in [0.717, 1.165) is 18.6 Å². The van der Waals surface area contributed by atoms with Crippen LogP contribution in [0.4, 0.5) is 0 Å². The predicted octanol–water partition coefficient (Wildman–Crippen LogP) is 2.85. The molecule has 0 aliphatic rings. The zero-order valence-corrected chi connectivity index (χ0v) is 9.13. The highest BCUT2D eigenvalue weighted by Crippen LogP contribution is 2.19. The standard InChI is InChI=1S/C11H16ClNO/c1-2-10(6-7-13)14-11-5-3-4-9(12)8-11/h3-5,8,10H,2,6-7,13H2,1H3. The molecule has 2 N–H and O–H groups in total. The summed E-state index contributed by atoms with van der Waals surface area (Å²) >= 11 is 5.84. The third kappa shape index (κ3) is 3.56. The molecule has 2 nitrogen and oxygen atoms in total. The number of hydrogen-bond donors (Lipinski definition) is 1. The summed E-state index contributed by atoms with van der Waals surface area (Å²) in [5.41, 5.74) is 5.48. The molecule has 0 radical (unpaired) electrons. The smallest absolute Gasteiger partial charge is 0.121 e. The van der Waals surface area contributed by atoms with E-state index in [1.54, 1.807) is 0 Å². The lowest BCUT2D eigenvalue weighted by Gasteiger charge is -2.16. The normalized spacial score (nSPS) is 12.5. The lowest BCUT2D eigenvalue weighted by atomic mass is 10.2. The molecule has 0 spiro atoms. The highest BCUT2D eigenvalue weighted by atomic mass is 35.5. The van der Waals surface area contributed by atoms with E-state index in [2.05, 4.69) is 6.92 Å². The monoisotopic (exact) mass is 213 g/mol. The molecule has 0 saturated heterocycles. The van der Waals surface area contributed by atoms with Crippen LogP contribution >= 0.6 is 11.6 Å². The van der Waals surface area contributed by atoms with E-state index in [4.69, 9.17) is 22.1 Å². The summed E-state index contributed by atoms with van der Waals surface area (Å²) in [5.74, 6) is 0.817. The Balaban J connectivity index is 2.57. The molecule has 0 bridgehead atoms. The Hall–Kier alpha value is -0.730. The van der Waals surface area contributed by atoms with Crippen LogP contribution in [-0.4, -0.2) is 12.6 Å². The fourth-order valence-electron chi connectivity index (χ4n) is 1.27. The van der Waals surface area contributed by atoms with Gasteiger partial charge in [0.2, 0.25) is 0 Å². The van der Waals surface area contributed by atoms with Crippen molar-refractivity contribution >= 4 is 11.6 Å². The van der Waals surface area contributed by atoms with Crippen LogP contribution in [0.15, 0.2) is 24.3 Å². The maximum Gasteiger partial charge on any atom is 0.121 e. The van der Waals surface area contributed by atoms with Crippen LogP contribution in [0.5, 0.6) is 5.75 Å². The topological polar surface area (TPSA) is 35.2 Å². The molecule has 0 heterocycles. The molecule has 3 heteroatoms. The third-order valence-electron chi connectivity index (χ3n) is 2.04. The SMILES string of the molecule is CCC(CCN)Oc1cccc(Cl)c1. The van der Waals surface area contributed by atoms with Crippen molar-refractivity contribution in [2.45, 2.75) is 25.9 Å². The summed E-state index contributed by atoms with van der Waals surface area (Å²) in [5, 5.41) is 0.699. The van der Waals surface area contributed by atoms with E-state index in [9.17, 15) is 0 Å². The van der Waals surface area contributed by atoms with Crippen molar-refractivity contribution in [1.29, 1.82) is 0 Å². The molecule has 78 valence electrons. The largest absolute Gasteiger partial charge is 0.490 e. The molecule has 0 fully saturated rings. The van der Waals surface area contributed by atoms with E-state index < -0.39 is 0 Å². The third-order valence-corrected chi connectivity index (χ3v) is 2.28. The van der Waals surface area contributed by atoms with Crippen molar-refractivity contribution < 1.29 is 4.74 Å². The fraction of sp³-hybridized carbons (Fsp3) is 0.455. The Labute approximate surface area is 90.0 Å². The first kappa shape index (κ1) is 11.3. The van der Waals surface area contributed by atoms with Crippen LogP contribution in [0.1, 0.15) is 19.8 Å². The van der Waals surface area contributed by atoms with Crippen molar-refractivity contribution in [2.75, 3.05) is 6.54 Å². The highest BCUT2D eigenvalue weighted by molar-refractivity contribution is 6.30. The molecule has 1 unspecified atom stereocenters. The number of ether oxygens (including phenoxy) is 1.